The molecule has 28 heteroatoms. The van der Waals surface area contributed by atoms with Crippen molar-refractivity contribution in [2.45, 2.75) is 46.8 Å². The van der Waals surface area contributed by atoms with Gasteiger partial charge in [0, 0.05) is 97.4 Å². The number of halogens is 6. The van der Waals surface area contributed by atoms with Gasteiger partial charge in [-0.2, -0.15) is 26.3 Å². The van der Waals surface area contributed by atoms with E-state index in [2.05, 4.69) is 29.4 Å². The van der Waals surface area contributed by atoms with Crippen molar-refractivity contribution >= 4 is 63.0 Å². The average molecular weight is 1140 g/mol. The van der Waals surface area contributed by atoms with Gasteiger partial charge in [-0.1, -0.05) is 24.3 Å². The van der Waals surface area contributed by atoms with Crippen LogP contribution in [0.15, 0.2) is 120 Å². The second-order valence-electron chi connectivity index (χ2n) is 18.0. The fourth-order valence-corrected chi connectivity index (χ4v) is 13.6. The summed E-state index contributed by atoms with van der Waals surface area (Å²) in [5.74, 6) is -0.967. The van der Waals surface area contributed by atoms with Crippen LogP contribution in [0.4, 0.5) is 49.6 Å². The summed E-state index contributed by atoms with van der Waals surface area (Å²) in [7, 11) is -14.6. The highest BCUT2D eigenvalue weighted by Crippen LogP contribution is 2.47. The lowest BCUT2D eigenvalue weighted by atomic mass is 9.85. The van der Waals surface area contributed by atoms with Crippen molar-refractivity contribution in [3.8, 4) is 11.5 Å². The van der Waals surface area contributed by atoms with Crippen molar-refractivity contribution in [2.24, 2.45) is 0 Å². The summed E-state index contributed by atoms with van der Waals surface area (Å²) in [6.07, 6.45) is -2.67. The Kier molecular flexibility index (Phi) is 14.9. The van der Waals surface area contributed by atoms with E-state index in [0.29, 0.717) is 58.0 Å². The Morgan fingerprint density at radius 1 is 0.500 bits per heavy atom. The fourth-order valence-electron chi connectivity index (χ4n) is 9.27. The first-order valence-electron chi connectivity index (χ1n) is 23.3. The van der Waals surface area contributed by atoms with Gasteiger partial charge in [0.25, 0.3) is 20.0 Å². The molecule has 0 saturated carbocycles. The van der Waals surface area contributed by atoms with Crippen LogP contribution in [-0.4, -0.2) is 116 Å². The molecule has 0 spiro atoms. The summed E-state index contributed by atoms with van der Waals surface area (Å²) in [6.45, 7) is 0.749. The van der Waals surface area contributed by atoms with Crippen molar-refractivity contribution in [3.05, 3.63) is 143 Å². The normalized spacial score (nSPS) is 19.3. The zero-order valence-electron chi connectivity index (χ0n) is 39.7. The van der Waals surface area contributed by atoms with Gasteiger partial charge in [-0.05, 0) is 72.5 Å². The lowest BCUT2D eigenvalue weighted by Crippen LogP contribution is -2.41. The first-order valence-corrected chi connectivity index (χ1v) is 29.9. The number of rotatable bonds is 10. The number of nitrogens with one attached hydrogen (secondary N) is 2. The number of sulfone groups is 2. The van der Waals surface area contributed by atoms with Gasteiger partial charge in [0.2, 0.25) is 11.9 Å². The summed E-state index contributed by atoms with van der Waals surface area (Å²) >= 11 is 0. The lowest BCUT2D eigenvalue weighted by Gasteiger charge is -2.34. The second kappa shape index (κ2) is 21.0. The number of anilines is 4. The molecular weight excluding hydrogens is 1090 g/mol. The van der Waals surface area contributed by atoms with Crippen molar-refractivity contribution in [1.29, 1.82) is 0 Å². The molecule has 2 aromatic heterocycles. The molecule has 0 bridgehead atoms. The Hall–Kier alpha value is -6.78. The molecule has 10 rings (SSSR count). The highest BCUT2D eigenvalue weighted by Gasteiger charge is 2.37. The van der Waals surface area contributed by atoms with Crippen LogP contribution in [0.25, 0.3) is 0 Å². The number of sulfonamides is 2. The first-order chi connectivity index (χ1) is 35.9. The monoisotopic (exact) mass is 1140 g/mol. The number of hydrogen-bond acceptors (Lipinski definition) is 16. The second-order valence-corrected chi connectivity index (χ2v) is 25.9. The zero-order chi connectivity index (χ0) is 54.3. The van der Waals surface area contributed by atoms with E-state index in [4.69, 9.17) is 9.47 Å². The molecule has 18 nitrogen and oxygen atoms in total. The minimum atomic E-state index is -4.57. The Bertz CT molecular complexity index is 3340. The molecule has 2 atom stereocenters. The summed E-state index contributed by atoms with van der Waals surface area (Å²) in [6, 6.07) is 18.7. The van der Waals surface area contributed by atoms with Crippen molar-refractivity contribution in [2.75, 3.05) is 81.6 Å². The van der Waals surface area contributed by atoms with Gasteiger partial charge in [0.1, 0.15) is 11.5 Å². The van der Waals surface area contributed by atoms with Crippen LogP contribution in [-0.2, 0) is 52.1 Å². The molecule has 6 aromatic rings. The highest BCUT2D eigenvalue weighted by molar-refractivity contribution is 7.93. The van der Waals surface area contributed by atoms with Gasteiger partial charge in [0.05, 0.1) is 57.1 Å². The maximum Gasteiger partial charge on any atom is 0.416 e. The topological polar surface area (TPSA) is 237 Å². The number of aromatic nitrogens is 4. The number of hydrogen-bond donors (Lipinski definition) is 2. The molecule has 0 unspecified atom stereocenters. The molecule has 0 aliphatic carbocycles. The zero-order valence-corrected chi connectivity index (χ0v) is 43.0. The van der Waals surface area contributed by atoms with Crippen LogP contribution in [0, 0.1) is 0 Å². The first kappa shape index (κ1) is 54.0. The summed E-state index contributed by atoms with van der Waals surface area (Å²) in [4.78, 5) is 18.6. The van der Waals surface area contributed by atoms with Gasteiger partial charge < -0.3 is 19.3 Å². The van der Waals surface area contributed by atoms with Crippen LogP contribution < -0.4 is 28.7 Å². The van der Waals surface area contributed by atoms with E-state index in [1.807, 2.05) is 0 Å². The van der Waals surface area contributed by atoms with E-state index in [1.165, 1.54) is 61.2 Å². The van der Waals surface area contributed by atoms with Crippen LogP contribution in [0.3, 0.4) is 0 Å². The van der Waals surface area contributed by atoms with Crippen LogP contribution in [0.1, 0.15) is 58.1 Å². The average Bonchev–Trinajstić information content (AvgIpc) is 3.38. The Morgan fingerprint density at radius 2 is 0.842 bits per heavy atom. The highest BCUT2D eigenvalue weighted by atomic mass is 32.2. The van der Waals surface area contributed by atoms with Crippen LogP contribution in [0.5, 0.6) is 11.5 Å². The number of benzene rings is 4. The standard InChI is InChI=1S/2C24H23F3N4O5S2/c2*25-24(26,27)16-2-4-19(21(14-16)31-9-12-37(32,33)13-10-31)18-6-11-36-22-15-17(3-5-20(18)22)38(34,35)30-23-28-7-1-8-29-23/h2*1-5,7-8,14-15,18H,6,9-13H2,(H,28,29,30)/t2*18-/m10/s1. The van der Waals surface area contributed by atoms with Gasteiger partial charge in [-0.25, -0.2) is 63.1 Å². The third-order valence-corrected chi connectivity index (χ3v) is 19.0. The van der Waals surface area contributed by atoms with E-state index < -0.39 is 75.0 Å². The molecule has 6 heterocycles. The molecular formula is C48H46F6N8O10S4. The number of alkyl halides is 6. The number of ether oxygens (including phenoxy) is 2. The van der Waals surface area contributed by atoms with E-state index in [1.54, 1.807) is 34.1 Å². The third kappa shape index (κ3) is 12.2. The molecule has 0 amide bonds. The van der Waals surface area contributed by atoms with E-state index >= 15 is 0 Å². The molecule has 2 fully saturated rings. The Labute approximate surface area is 433 Å². The number of fused-ring (bicyclic) bond motifs is 2. The van der Waals surface area contributed by atoms with Crippen molar-refractivity contribution < 1.29 is 69.5 Å². The molecule has 4 aliphatic heterocycles. The molecule has 4 aromatic carbocycles. The lowest BCUT2D eigenvalue weighted by molar-refractivity contribution is -0.138. The number of nitrogens with zero attached hydrogens (tertiary/aromatic N) is 6. The SMILES string of the molecule is O=S1(=O)CCN(c2cc(C(F)(F)F)ccc2[C@@H]2CCOc3cc(S(=O)(=O)Nc4ncccn4)ccc32)CC1.O=S1(=O)CCN(c2cc(C(F)(F)F)ccc2[C@H]2CCOc3cc(S(=O)(=O)Nc4ncccn4)ccc32)CC1. The quantitative estimate of drug-likeness (QED) is 0.133. The van der Waals surface area contributed by atoms with E-state index in [-0.39, 0.29) is 84.1 Å². The summed E-state index contributed by atoms with van der Waals surface area (Å²) in [5, 5.41) is 0. The molecule has 404 valence electrons. The maximum atomic E-state index is 13.6. The van der Waals surface area contributed by atoms with Crippen LogP contribution >= 0.6 is 0 Å². The van der Waals surface area contributed by atoms with Gasteiger partial charge in [0.15, 0.2) is 19.7 Å². The van der Waals surface area contributed by atoms with Gasteiger partial charge >= 0.3 is 12.4 Å². The van der Waals surface area contributed by atoms with Gasteiger partial charge in [-0.3, -0.25) is 0 Å². The maximum absolute atomic E-state index is 13.6. The summed E-state index contributed by atoms with van der Waals surface area (Å²) in [5.41, 5.74) is 1.40. The van der Waals surface area contributed by atoms with E-state index in [0.717, 1.165) is 24.3 Å². The third-order valence-electron chi connectivity index (χ3n) is 13.1. The predicted molar refractivity (Wildman–Crippen MR) is 267 cm³/mol. The Morgan fingerprint density at radius 3 is 1.18 bits per heavy atom. The minimum Gasteiger partial charge on any atom is -0.493 e. The Balaban J connectivity index is 0.000000186. The molecule has 2 saturated heterocycles. The van der Waals surface area contributed by atoms with Gasteiger partial charge in [-0.15, -0.1) is 0 Å². The molecule has 2 N–H and O–H groups in total. The van der Waals surface area contributed by atoms with E-state index in [9.17, 15) is 60.0 Å². The molecule has 76 heavy (non-hydrogen) atoms. The minimum absolute atomic E-state index is 0.0805. The summed E-state index contributed by atoms with van der Waals surface area (Å²) < 4.78 is 197. The van der Waals surface area contributed by atoms with Crippen molar-refractivity contribution in [1.82, 2.24) is 19.9 Å². The fraction of sp³-hybridized carbons (Fsp3) is 0.333. The smallest absolute Gasteiger partial charge is 0.416 e. The van der Waals surface area contributed by atoms with Crippen molar-refractivity contribution in [3.63, 3.8) is 0 Å². The largest absolute Gasteiger partial charge is 0.493 e. The predicted octanol–water partition coefficient (Wildman–Crippen LogP) is 6.89. The van der Waals surface area contributed by atoms with Crippen LogP contribution in [0.2, 0.25) is 0 Å². The molecule has 0 radical (unpaired) electrons. The molecule has 4 aliphatic rings.